The van der Waals surface area contributed by atoms with Crippen LogP contribution in [0.4, 0.5) is 0 Å². The summed E-state index contributed by atoms with van der Waals surface area (Å²) in [6, 6.07) is 7.93. The number of para-hydroxylation sites is 1. The van der Waals surface area contributed by atoms with E-state index in [1.807, 2.05) is 25.1 Å². The zero-order valence-electron chi connectivity index (χ0n) is 12.9. The fraction of sp³-hybridized carbons (Fsp3) is 0.438. The highest BCUT2D eigenvalue weighted by Gasteiger charge is 2.13. The molecule has 0 saturated carbocycles. The average molecular weight is 353 g/mol. The van der Waals surface area contributed by atoms with Gasteiger partial charge in [0.05, 0.1) is 4.47 Å². The number of ether oxygens (including phenoxy) is 1. The van der Waals surface area contributed by atoms with Crippen molar-refractivity contribution in [3.05, 3.63) is 45.8 Å². The Labute approximate surface area is 134 Å². The molecule has 2 rings (SSSR count). The predicted octanol–water partition coefficient (Wildman–Crippen LogP) is 4.21. The topological polar surface area (TPSA) is 47.3 Å². The highest BCUT2D eigenvalue weighted by atomic mass is 79.9. The molecule has 1 aromatic heterocycles. The Kier molecular flexibility index (Phi) is 5.06. The first-order chi connectivity index (χ1) is 9.85. The van der Waals surface area contributed by atoms with E-state index < -0.39 is 0 Å². The van der Waals surface area contributed by atoms with E-state index in [1.54, 1.807) is 0 Å². The van der Waals surface area contributed by atoms with Crippen molar-refractivity contribution in [1.82, 2.24) is 10.5 Å². The molecule has 114 valence electrons. The number of rotatable bonds is 5. The van der Waals surface area contributed by atoms with E-state index >= 15 is 0 Å². The second-order valence-electron chi connectivity index (χ2n) is 6.05. The van der Waals surface area contributed by atoms with Gasteiger partial charge in [0.15, 0.2) is 0 Å². The van der Waals surface area contributed by atoms with Crippen LogP contribution in [-0.4, -0.2) is 10.7 Å². The number of nitrogens with one attached hydrogen (secondary N) is 1. The molecule has 0 bridgehead atoms. The molecule has 1 N–H and O–H groups in total. The van der Waals surface area contributed by atoms with Gasteiger partial charge in [0.25, 0.3) is 0 Å². The van der Waals surface area contributed by atoms with Gasteiger partial charge in [0.2, 0.25) is 0 Å². The van der Waals surface area contributed by atoms with Crippen LogP contribution in [-0.2, 0) is 13.2 Å². The summed E-state index contributed by atoms with van der Waals surface area (Å²) in [5.41, 5.74) is 1.96. The molecular weight excluding hydrogens is 332 g/mol. The van der Waals surface area contributed by atoms with Gasteiger partial charge in [-0.05, 0) is 49.7 Å². The van der Waals surface area contributed by atoms with Crippen LogP contribution in [0.5, 0.6) is 5.75 Å². The average Bonchev–Trinajstić information content (AvgIpc) is 2.80. The lowest BCUT2D eigenvalue weighted by Crippen LogP contribution is -2.35. The van der Waals surface area contributed by atoms with E-state index in [0.29, 0.717) is 6.61 Å². The maximum absolute atomic E-state index is 5.92. The van der Waals surface area contributed by atoms with Gasteiger partial charge in [-0.2, -0.15) is 0 Å². The van der Waals surface area contributed by atoms with Crippen molar-refractivity contribution >= 4 is 15.9 Å². The van der Waals surface area contributed by atoms with Gasteiger partial charge in [-0.3, -0.25) is 0 Å². The van der Waals surface area contributed by atoms with Crippen molar-refractivity contribution in [2.24, 2.45) is 0 Å². The number of aryl methyl sites for hydroxylation is 1. The van der Waals surface area contributed by atoms with Crippen LogP contribution < -0.4 is 10.1 Å². The van der Waals surface area contributed by atoms with Crippen LogP contribution >= 0.6 is 15.9 Å². The molecule has 0 amide bonds. The van der Waals surface area contributed by atoms with Crippen LogP contribution in [0.1, 0.15) is 37.8 Å². The minimum atomic E-state index is 0.0583. The normalized spacial score (nSPS) is 11.7. The maximum Gasteiger partial charge on any atom is 0.138 e. The summed E-state index contributed by atoms with van der Waals surface area (Å²) in [5.74, 6) is 1.63. The molecule has 0 radical (unpaired) electrons. The number of nitrogens with zero attached hydrogens (tertiary/aromatic N) is 1. The fourth-order valence-electron chi connectivity index (χ4n) is 1.85. The summed E-state index contributed by atoms with van der Waals surface area (Å²) in [5, 5.41) is 7.42. The first kappa shape index (κ1) is 16.0. The zero-order chi connectivity index (χ0) is 15.5. The van der Waals surface area contributed by atoms with E-state index in [2.05, 4.69) is 53.2 Å². The van der Waals surface area contributed by atoms with E-state index in [9.17, 15) is 0 Å². The number of aromatic nitrogens is 1. The lowest BCUT2D eigenvalue weighted by atomic mass is 10.1. The third kappa shape index (κ3) is 4.86. The first-order valence-electron chi connectivity index (χ1n) is 6.92. The van der Waals surface area contributed by atoms with Crippen LogP contribution in [0.15, 0.2) is 33.3 Å². The Hall–Kier alpha value is -1.33. The second kappa shape index (κ2) is 6.62. The fourth-order valence-corrected chi connectivity index (χ4v) is 2.37. The highest BCUT2D eigenvalue weighted by Crippen LogP contribution is 2.30. The first-order valence-corrected chi connectivity index (χ1v) is 7.72. The Morgan fingerprint density at radius 1 is 1.33 bits per heavy atom. The van der Waals surface area contributed by atoms with Gasteiger partial charge in [-0.25, -0.2) is 0 Å². The van der Waals surface area contributed by atoms with Gasteiger partial charge >= 0.3 is 0 Å². The van der Waals surface area contributed by atoms with Crippen molar-refractivity contribution in [2.45, 2.75) is 46.4 Å². The standard InChI is InChI=1S/C16H21BrN2O2/c1-11-8-13(19-21-11)10-20-15-12(6-5-7-14(15)17)9-18-16(2,3)4/h5-8,18H,9-10H2,1-4H3. The number of benzene rings is 1. The van der Waals surface area contributed by atoms with Crippen molar-refractivity contribution < 1.29 is 9.26 Å². The van der Waals surface area contributed by atoms with E-state index in [-0.39, 0.29) is 5.54 Å². The Bertz CT molecular complexity index is 603. The van der Waals surface area contributed by atoms with Gasteiger partial charge < -0.3 is 14.6 Å². The molecule has 2 aromatic rings. The van der Waals surface area contributed by atoms with E-state index in [1.165, 1.54) is 0 Å². The second-order valence-corrected chi connectivity index (χ2v) is 6.90. The molecule has 0 saturated heterocycles. The largest absolute Gasteiger partial charge is 0.486 e. The van der Waals surface area contributed by atoms with Crippen molar-refractivity contribution in [1.29, 1.82) is 0 Å². The van der Waals surface area contributed by atoms with Crippen molar-refractivity contribution in [2.75, 3.05) is 0 Å². The number of halogens is 1. The van der Waals surface area contributed by atoms with Crippen LogP contribution in [0.2, 0.25) is 0 Å². The number of hydrogen-bond donors (Lipinski definition) is 1. The molecule has 0 atom stereocenters. The molecule has 0 fully saturated rings. The van der Waals surface area contributed by atoms with Crippen LogP contribution in [0, 0.1) is 6.92 Å². The predicted molar refractivity (Wildman–Crippen MR) is 86.3 cm³/mol. The van der Waals surface area contributed by atoms with Crippen LogP contribution in [0.25, 0.3) is 0 Å². The smallest absolute Gasteiger partial charge is 0.138 e. The summed E-state index contributed by atoms with van der Waals surface area (Å²) >= 11 is 3.55. The molecule has 4 nitrogen and oxygen atoms in total. The summed E-state index contributed by atoms with van der Waals surface area (Å²) < 4.78 is 11.9. The highest BCUT2D eigenvalue weighted by molar-refractivity contribution is 9.10. The van der Waals surface area contributed by atoms with E-state index in [0.717, 1.165) is 33.8 Å². The molecule has 5 heteroatoms. The third-order valence-corrected chi connectivity index (χ3v) is 3.52. The summed E-state index contributed by atoms with van der Waals surface area (Å²) in [7, 11) is 0. The van der Waals surface area contributed by atoms with Crippen molar-refractivity contribution in [3.8, 4) is 5.75 Å². The summed E-state index contributed by atoms with van der Waals surface area (Å²) in [6.45, 7) is 9.43. The van der Waals surface area contributed by atoms with Gasteiger partial charge in [-0.1, -0.05) is 17.3 Å². The van der Waals surface area contributed by atoms with Crippen LogP contribution in [0.3, 0.4) is 0 Å². The van der Waals surface area contributed by atoms with Gasteiger partial charge in [0, 0.05) is 23.7 Å². The minimum Gasteiger partial charge on any atom is -0.486 e. The Morgan fingerprint density at radius 2 is 2.10 bits per heavy atom. The number of hydrogen-bond acceptors (Lipinski definition) is 4. The van der Waals surface area contributed by atoms with Gasteiger partial charge in [-0.15, -0.1) is 0 Å². The molecule has 0 unspecified atom stereocenters. The summed E-state index contributed by atoms with van der Waals surface area (Å²) in [4.78, 5) is 0. The Balaban J connectivity index is 2.10. The SMILES string of the molecule is Cc1cc(COc2c(Br)cccc2CNC(C)(C)C)no1. The molecule has 0 aliphatic carbocycles. The van der Waals surface area contributed by atoms with Crippen molar-refractivity contribution in [3.63, 3.8) is 0 Å². The molecule has 0 aliphatic rings. The molecule has 21 heavy (non-hydrogen) atoms. The zero-order valence-corrected chi connectivity index (χ0v) is 14.5. The Morgan fingerprint density at radius 3 is 2.71 bits per heavy atom. The molecule has 1 heterocycles. The van der Waals surface area contributed by atoms with Gasteiger partial charge in [0.1, 0.15) is 23.8 Å². The molecule has 0 spiro atoms. The maximum atomic E-state index is 5.92. The monoisotopic (exact) mass is 352 g/mol. The van der Waals surface area contributed by atoms with E-state index in [4.69, 9.17) is 9.26 Å². The summed E-state index contributed by atoms with van der Waals surface area (Å²) in [6.07, 6.45) is 0. The molecular formula is C16H21BrN2O2. The lowest BCUT2D eigenvalue weighted by molar-refractivity contribution is 0.281. The molecule has 1 aromatic carbocycles. The quantitative estimate of drug-likeness (QED) is 0.875. The minimum absolute atomic E-state index is 0.0583. The third-order valence-electron chi connectivity index (χ3n) is 2.90. The lowest BCUT2D eigenvalue weighted by Gasteiger charge is -2.22. The molecule has 0 aliphatic heterocycles.